The fourth-order valence-corrected chi connectivity index (χ4v) is 4.14. The van der Waals surface area contributed by atoms with Crippen LogP contribution in [0.2, 0.25) is 0 Å². The van der Waals surface area contributed by atoms with Gasteiger partial charge in [0, 0.05) is 0 Å². The third-order valence-corrected chi connectivity index (χ3v) is 5.83. The van der Waals surface area contributed by atoms with Gasteiger partial charge in [-0.25, -0.2) is 0 Å². The van der Waals surface area contributed by atoms with Crippen molar-refractivity contribution in [2.75, 3.05) is 12.3 Å². The van der Waals surface area contributed by atoms with Gasteiger partial charge in [0.1, 0.15) is 0 Å². The van der Waals surface area contributed by atoms with Gasteiger partial charge in [0.25, 0.3) is 0 Å². The Labute approximate surface area is 150 Å². The van der Waals surface area contributed by atoms with Gasteiger partial charge in [0.15, 0.2) is 0 Å². The van der Waals surface area contributed by atoms with E-state index in [1.54, 1.807) is 0 Å². The zero-order valence-corrected chi connectivity index (χ0v) is 17.5. The van der Waals surface area contributed by atoms with E-state index in [1.165, 1.54) is 124 Å². The maximum absolute atomic E-state index is 2.30. The molecule has 22 heavy (non-hydrogen) atoms. The predicted molar refractivity (Wildman–Crippen MR) is 111 cm³/mol. The van der Waals surface area contributed by atoms with Crippen molar-refractivity contribution in [2.45, 2.75) is 117 Å². The van der Waals surface area contributed by atoms with Gasteiger partial charge in [-0.2, -0.15) is 0 Å². The summed E-state index contributed by atoms with van der Waals surface area (Å²) in [6, 6.07) is 0. The first kappa shape index (κ1) is 25.0. The van der Waals surface area contributed by atoms with E-state index in [-0.39, 0.29) is 12.4 Å². The summed E-state index contributed by atoms with van der Waals surface area (Å²) in [6.45, 7) is 4.60. The number of unbranched alkanes of at least 4 members (excludes halogenated alkanes) is 14. The van der Waals surface area contributed by atoms with E-state index in [0.717, 1.165) is 0 Å². The van der Waals surface area contributed by atoms with Crippen molar-refractivity contribution in [3.8, 4) is 0 Å². The first-order valence-corrected chi connectivity index (χ1v) is 11.5. The van der Waals surface area contributed by atoms with Crippen LogP contribution < -0.4 is 0 Å². The summed E-state index contributed by atoms with van der Waals surface area (Å²) in [6.07, 6.45) is 26.5. The monoisotopic (exact) mass is 350 g/mol. The first-order chi connectivity index (χ1) is 10.4. The lowest BCUT2D eigenvalue weighted by Crippen LogP contribution is -1.85. The maximum Gasteiger partial charge on any atom is -0.0353 e. The van der Waals surface area contributed by atoms with E-state index in [0.29, 0.717) is 0 Å². The molecule has 0 rings (SSSR count). The third-order valence-electron chi connectivity index (χ3n) is 4.41. The van der Waals surface area contributed by atoms with Crippen LogP contribution in [-0.4, -0.2) is 12.3 Å². The van der Waals surface area contributed by atoms with Gasteiger partial charge in [0.2, 0.25) is 0 Å². The summed E-state index contributed by atoms with van der Waals surface area (Å²) in [5.41, 5.74) is 0. The second-order valence-corrected chi connectivity index (χ2v) is 8.20. The minimum absolute atomic E-state index is 0. The standard InChI is InChI=1S/C20H43P.ClH/c1-3-5-7-9-11-13-15-17-19-21-20-18-16-14-12-10-8-6-4-2;/h21H,3-20H2,1-2H3;1H. The number of hydrogen-bond donors (Lipinski definition) is 0. The molecular weight excluding hydrogens is 307 g/mol. The smallest absolute Gasteiger partial charge is 0.0353 e. The predicted octanol–water partition coefficient (Wildman–Crippen LogP) is 8.37. The fourth-order valence-electron chi connectivity index (χ4n) is 2.89. The van der Waals surface area contributed by atoms with Crippen molar-refractivity contribution in [2.24, 2.45) is 0 Å². The van der Waals surface area contributed by atoms with Crippen LogP contribution in [0.25, 0.3) is 0 Å². The minimum atomic E-state index is 0. The van der Waals surface area contributed by atoms with Crippen molar-refractivity contribution >= 4 is 21.0 Å². The van der Waals surface area contributed by atoms with Crippen LogP contribution >= 0.6 is 21.0 Å². The van der Waals surface area contributed by atoms with Gasteiger partial charge in [0.05, 0.1) is 0 Å². The van der Waals surface area contributed by atoms with Crippen molar-refractivity contribution in [3.05, 3.63) is 0 Å². The van der Waals surface area contributed by atoms with Crippen LogP contribution in [0.5, 0.6) is 0 Å². The Morgan fingerprint density at radius 3 is 1.00 bits per heavy atom. The van der Waals surface area contributed by atoms with E-state index < -0.39 is 0 Å². The molecule has 0 atom stereocenters. The zero-order chi connectivity index (χ0) is 15.4. The Kier molecular flexibility index (Phi) is 27.2. The second-order valence-electron chi connectivity index (χ2n) is 6.70. The van der Waals surface area contributed by atoms with Crippen LogP contribution in [0.1, 0.15) is 117 Å². The molecular formula is C20H44ClP. The van der Waals surface area contributed by atoms with Crippen molar-refractivity contribution in [1.29, 1.82) is 0 Å². The Balaban J connectivity index is 0. The molecule has 0 saturated carbocycles. The molecule has 0 amide bonds. The van der Waals surface area contributed by atoms with Gasteiger partial charge < -0.3 is 0 Å². The quantitative estimate of drug-likeness (QED) is 0.172. The van der Waals surface area contributed by atoms with E-state index in [2.05, 4.69) is 13.8 Å². The summed E-state index contributed by atoms with van der Waals surface area (Å²) in [7, 11) is 1.26. The summed E-state index contributed by atoms with van der Waals surface area (Å²) in [4.78, 5) is 0. The number of halogens is 1. The summed E-state index contributed by atoms with van der Waals surface area (Å²) in [5.74, 6) is 0. The molecule has 2 heteroatoms. The van der Waals surface area contributed by atoms with Crippen molar-refractivity contribution < 1.29 is 0 Å². The molecule has 0 fully saturated rings. The molecule has 0 aromatic carbocycles. The van der Waals surface area contributed by atoms with Gasteiger partial charge in [-0.1, -0.05) is 104 Å². The Bertz CT molecular complexity index is 155. The summed E-state index contributed by atoms with van der Waals surface area (Å²) >= 11 is 0. The lowest BCUT2D eigenvalue weighted by Gasteiger charge is -2.03. The third kappa shape index (κ3) is 23.0. The second kappa shape index (κ2) is 24.0. The van der Waals surface area contributed by atoms with E-state index in [1.807, 2.05) is 0 Å². The molecule has 0 aliphatic carbocycles. The molecule has 0 aliphatic rings. The highest BCUT2D eigenvalue weighted by Gasteiger charge is 1.94. The SMILES string of the molecule is CCCCCCCCCCPCCCCCCCCCC.Cl. The Hall–Kier alpha value is 0.720. The maximum atomic E-state index is 2.30. The Morgan fingerprint density at radius 1 is 0.409 bits per heavy atom. The topological polar surface area (TPSA) is 0 Å². The van der Waals surface area contributed by atoms with Crippen LogP contribution in [-0.2, 0) is 0 Å². The zero-order valence-electron chi connectivity index (χ0n) is 15.6. The molecule has 0 aromatic heterocycles. The molecule has 0 aromatic rings. The molecule has 0 N–H and O–H groups in total. The van der Waals surface area contributed by atoms with Crippen LogP contribution in [0, 0.1) is 0 Å². The first-order valence-electron chi connectivity index (χ1n) is 10.1. The Morgan fingerprint density at radius 2 is 0.682 bits per heavy atom. The highest BCUT2D eigenvalue weighted by molar-refractivity contribution is 7.37. The molecule has 136 valence electrons. The molecule has 0 nitrogen and oxygen atoms in total. The van der Waals surface area contributed by atoms with Gasteiger partial charge >= 0.3 is 0 Å². The van der Waals surface area contributed by atoms with Crippen LogP contribution in [0.4, 0.5) is 0 Å². The van der Waals surface area contributed by atoms with Gasteiger partial charge in [-0.05, 0) is 25.2 Å². The van der Waals surface area contributed by atoms with Crippen molar-refractivity contribution in [3.63, 3.8) is 0 Å². The van der Waals surface area contributed by atoms with Crippen LogP contribution in [0.15, 0.2) is 0 Å². The van der Waals surface area contributed by atoms with E-state index in [9.17, 15) is 0 Å². The normalized spacial score (nSPS) is 10.6. The lowest BCUT2D eigenvalue weighted by atomic mass is 10.1. The molecule has 0 spiro atoms. The lowest BCUT2D eigenvalue weighted by molar-refractivity contribution is 0.584. The largest absolute Gasteiger partial charge is 0.147 e. The summed E-state index contributed by atoms with van der Waals surface area (Å²) < 4.78 is 0. The van der Waals surface area contributed by atoms with Crippen molar-refractivity contribution in [1.82, 2.24) is 0 Å². The molecule has 0 bridgehead atoms. The average Bonchev–Trinajstić information content (AvgIpc) is 2.50. The molecule has 0 radical (unpaired) electrons. The molecule has 0 unspecified atom stereocenters. The summed E-state index contributed by atoms with van der Waals surface area (Å²) in [5, 5.41) is 0. The minimum Gasteiger partial charge on any atom is -0.147 e. The highest BCUT2D eigenvalue weighted by Crippen LogP contribution is 2.18. The highest BCUT2D eigenvalue weighted by atomic mass is 35.5. The van der Waals surface area contributed by atoms with E-state index in [4.69, 9.17) is 0 Å². The van der Waals surface area contributed by atoms with E-state index >= 15 is 0 Å². The molecule has 0 aliphatic heterocycles. The van der Waals surface area contributed by atoms with Gasteiger partial charge in [-0.3, -0.25) is 0 Å². The number of hydrogen-bond acceptors (Lipinski definition) is 0. The molecule has 0 saturated heterocycles. The number of rotatable bonds is 18. The molecule has 0 heterocycles. The average molecular weight is 351 g/mol. The van der Waals surface area contributed by atoms with Gasteiger partial charge in [-0.15, -0.1) is 21.0 Å². The fraction of sp³-hybridized carbons (Fsp3) is 1.00. The van der Waals surface area contributed by atoms with Crippen LogP contribution in [0.3, 0.4) is 0 Å².